The standard InChI is InChI=1S/C22H27N7O3/c1-27(2)22(7-9-23-10-8-22)18-13-29(26-25-18)15-3-4-16-14(11-15)12-28(21(16)32)17-5-6-19(30)24-20(17)31/h3-4,11,13,17,23H,5-10,12H2,1-2H3,(H,24,30,31). The van der Waals surface area contributed by atoms with Gasteiger partial charge in [0.2, 0.25) is 11.8 Å². The summed E-state index contributed by atoms with van der Waals surface area (Å²) in [5.41, 5.74) is 3.04. The van der Waals surface area contributed by atoms with Crippen molar-refractivity contribution < 1.29 is 14.4 Å². The number of carbonyl (C=O) groups excluding carboxylic acids is 3. The van der Waals surface area contributed by atoms with Crippen LogP contribution in [-0.2, 0) is 21.7 Å². The van der Waals surface area contributed by atoms with Crippen molar-refractivity contribution in [2.24, 2.45) is 0 Å². The first-order valence-electron chi connectivity index (χ1n) is 11.0. The van der Waals surface area contributed by atoms with Crippen LogP contribution in [0.5, 0.6) is 0 Å². The largest absolute Gasteiger partial charge is 0.322 e. The van der Waals surface area contributed by atoms with E-state index < -0.39 is 11.9 Å². The smallest absolute Gasteiger partial charge is 0.255 e. The lowest BCUT2D eigenvalue weighted by Gasteiger charge is -2.41. The summed E-state index contributed by atoms with van der Waals surface area (Å²) in [5, 5.41) is 14.6. The van der Waals surface area contributed by atoms with E-state index in [9.17, 15) is 14.4 Å². The Morgan fingerprint density at radius 1 is 1.16 bits per heavy atom. The Balaban J connectivity index is 1.40. The topological polar surface area (TPSA) is 112 Å². The van der Waals surface area contributed by atoms with E-state index >= 15 is 0 Å². The minimum absolute atomic E-state index is 0.154. The molecule has 2 fully saturated rings. The van der Waals surface area contributed by atoms with Crippen LogP contribution in [0, 0.1) is 0 Å². The van der Waals surface area contributed by atoms with Gasteiger partial charge in [0.25, 0.3) is 5.91 Å². The second kappa shape index (κ2) is 7.79. The number of nitrogens with zero attached hydrogens (tertiary/aromatic N) is 5. The fourth-order valence-electron chi connectivity index (χ4n) is 5.08. The van der Waals surface area contributed by atoms with Crippen molar-refractivity contribution in [1.82, 2.24) is 35.4 Å². The van der Waals surface area contributed by atoms with Crippen molar-refractivity contribution in [1.29, 1.82) is 0 Å². The van der Waals surface area contributed by atoms with Gasteiger partial charge < -0.3 is 10.2 Å². The maximum atomic E-state index is 12.9. The van der Waals surface area contributed by atoms with Gasteiger partial charge in [-0.05, 0) is 70.2 Å². The van der Waals surface area contributed by atoms with Gasteiger partial charge in [-0.3, -0.25) is 24.6 Å². The number of imide groups is 1. The van der Waals surface area contributed by atoms with E-state index in [1.165, 1.54) is 0 Å². The predicted octanol–water partition coefficient (Wildman–Crippen LogP) is 0.169. The Morgan fingerprint density at radius 2 is 1.94 bits per heavy atom. The number of carbonyl (C=O) groups is 3. The fraction of sp³-hybridized carbons (Fsp3) is 0.500. The Bertz CT molecular complexity index is 1090. The summed E-state index contributed by atoms with van der Waals surface area (Å²) in [4.78, 5) is 40.4. The molecule has 3 amide bonds. The van der Waals surface area contributed by atoms with Crippen LogP contribution in [0.1, 0.15) is 47.3 Å². The number of hydrogen-bond donors (Lipinski definition) is 2. The van der Waals surface area contributed by atoms with E-state index in [4.69, 9.17) is 0 Å². The van der Waals surface area contributed by atoms with E-state index in [0.29, 0.717) is 18.5 Å². The van der Waals surface area contributed by atoms with Crippen LogP contribution in [0.25, 0.3) is 5.69 Å². The molecule has 5 rings (SSSR count). The molecule has 3 aliphatic rings. The highest BCUT2D eigenvalue weighted by Crippen LogP contribution is 2.35. The molecule has 168 valence electrons. The molecule has 3 aliphatic heterocycles. The fourth-order valence-corrected chi connectivity index (χ4v) is 5.08. The molecule has 0 spiro atoms. The molecule has 10 nitrogen and oxygen atoms in total. The number of aromatic nitrogens is 3. The normalized spacial score (nSPS) is 22.9. The first kappa shape index (κ1) is 20.8. The van der Waals surface area contributed by atoms with Gasteiger partial charge in [-0.2, -0.15) is 0 Å². The van der Waals surface area contributed by atoms with Crippen molar-refractivity contribution in [2.45, 2.75) is 43.8 Å². The zero-order valence-corrected chi connectivity index (χ0v) is 18.3. The van der Waals surface area contributed by atoms with Gasteiger partial charge in [0.05, 0.1) is 17.4 Å². The number of piperidine rings is 2. The van der Waals surface area contributed by atoms with E-state index in [1.807, 2.05) is 18.3 Å². The highest BCUT2D eigenvalue weighted by Gasteiger charge is 2.40. The van der Waals surface area contributed by atoms with Gasteiger partial charge >= 0.3 is 0 Å². The third kappa shape index (κ3) is 3.30. The van der Waals surface area contributed by atoms with E-state index in [1.54, 1.807) is 15.6 Å². The molecule has 1 aromatic carbocycles. The lowest BCUT2D eigenvalue weighted by atomic mass is 9.84. The molecule has 1 atom stereocenters. The van der Waals surface area contributed by atoms with Crippen LogP contribution in [0.2, 0.25) is 0 Å². The number of fused-ring (bicyclic) bond motifs is 1. The number of benzene rings is 1. The van der Waals surface area contributed by atoms with Gasteiger partial charge in [-0.1, -0.05) is 5.21 Å². The number of nitrogens with one attached hydrogen (secondary N) is 2. The van der Waals surface area contributed by atoms with Crippen LogP contribution < -0.4 is 10.6 Å². The number of hydrogen-bond acceptors (Lipinski definition) is 7. The highest BCUT2D eigenvalue weighted by atomic mass is 16.2. The molecule has 10 heteroatoms. The van der Waals surface area contributed by atoms with Crippen LogP contribution in [0.4, 0.5) is 0 Å². The van der Waals surface area contributed by atoms with Gasteiger partial charge in [0.1, 0.15) is 11.7 Å². The van der Waals surface area contributed by atoms with Crippen molar-refractivity contribution in [3.8, 4) is 5.69 Å². The second-order valence-corrected chi connectivity index (χ2v) is 8.97. The quantitative estimate of drug-likeness (QED) is 0.656. The number of amides is 3. The molecular weight excluding hydrogens is 410 g/mol. The molecule has 2 saturated heterocycles. The molecule has 4 heterocycles. The maximum absolute atomic E-state index is 12.9. The first-order chi connectivity index (χ1) is 15.4. The van der Waals surface area contributed by atoms with E-state index in [2.05, 4.69) is 39.9 Å². The Labute approximate surface area is 185 Å². The minimum Gasteiger partial charge on any atom is -0.322 e. The Hall–Kier alpha value is -3.11. The minimum atomic E-state index is -0.617. The average Bonchev–Trinajstić information content (AvgIpc) is 3.40. The average molecular weight is 438 g/mol. The summed E-state index contributed by atoms with van der Waals surface area (Å²) in [6, 6.07) is 4.96. The van der Waals surface area contributed by atoms with Crippen molar-refractivity contribution in [2.75, 3.05) is 27.2 Å². The van der Waals surface area contributed by atoms with Crippen LogP contribution in [0.3, 0.4) is 0 Å². The number of rotatable bonds is 4. The van der Waals surface area contributed by atoms with Crippen molar-refractivity contribution >= 4 is 17.7 Å². The lowest BCUT2D eigenvalue weighted by Crippen LogP contribution is -2.52. The van der Waals surface area contributed by atoms with E-state index in [0.717, 1.165) is 42.9 Å². The van der Waals surface area contributed by atoms with Crippen LogP contribution >= 0.6 is 0 Å². The van der Waals surface area contributed by atoms with Gasteiger partial charge in [-0.25, -0.2) is 4.68 Å². The second-order valence-electron chi connectivity index (χ2n) is 8.97. The summed E-state index contributed by atoms with van der Waals surface area (Å²) in [7, 11) is 4.16. The third-order valence-corrected chi connectivity index (χ3v) is 7.03. The molecule has 1 aromatic heterocycles. The summed E-state index contributed by atoms with van der Waals surface area (Å²) < 4.78 is 1.75. The summed E-state index contributed by atoms with van der Waals surface area (Å²) in [6.45, 7) is 2.20. The molecule has 2 aromatic rings. The lowest BCUT2D eigenvalue weighted by molar-refractivity contribution is -0.136. The molecule has 0 aliphatic carbocycles. The molecular formula is C22H27N7O3. The van der Waals surface area contributed by atoms with Crippen LogP contribution in [0.15, 0.2) is 24.4 Å². The molecule has 0 saturated carbocycles. The Morgan fingerprint density at radius 3 is 2.66 bits per heavy atom. The highest BCUT2D eigenvalue weighted by molar-refractivity contribution is 6.05. The van der Waals surface area contributed by atoms with Crippen LogP contribution in [-0.4, -0.2) is 75.7 Å². The van der Waals surface area contributed by atoms with Crippen molar-refractivity contribution in [3.63, 3.8) is 0 Å². The molecule has 1 unspecified atom stereocenters. The van der Waals surface area contributed by atoms with Gasteiger partial charge in [0.15, 0.2) is 0 Å². The summed E-state index contributed by atoms with van der Waals surface area (Å²) in [5.74, 6) is -0.870. The van der Waals surface area contributed by atoms with Gasteiger partial charge in [-0.15, -0.1) is 5.10 Å². The van der Waals surface area contributed by atoms with Crippen molar-refractivity contribution in [3.05, 3.63) is 41.2 Å². The monoisotopic (exact) mass is 437 g/mol. The molecule has 0 radical (unpaired) electrons. The maximum Gasteiger partial charge on any atom is 0.255 e. The Kier molecular flexibility index (Phi) is 5.06. The molecule has 32 heavy (non-hydrogen) atoms. The summed E-state index contributed by atoms with van der Waals surface area (Å²) >= 11 is 0. The zero-order chi connectivity index (χ0) is 22.5. The predicted molar refractivity (Wildman–Crippen MR) is 115 cm³/mol. The SMILES string of the molecule is CN(C)C1(c2cn(-c3ccc4c(c3)CN(C3CCC(=O)NC3=O)C4=O)nn2)CCNCC1. The zero-order valence-electron chi connectivity index (χ0n) is 18.3. The van der Waals surface area contributed by atoms with E-state index in [-0.39, 0.29) is 23.8 Å². The molecule has 2 N–H and O–H groups in total. The molecule has 0 bridgehead atoms. The summed E-state index contributed by atoms with van der Waals surface area (Å²) in [6.07, 6.45) is 4.48. The first-order valence-corrected chi connectivity index (χ1v) is 11.0. The third-order valence-electron chi connectivity index (χ3n) is 7.03. The van der Waals surface area contributed by atoms with Gasteiger partial charge in [0, 0.05) is 18.5 Å².